The fourth-order valence-electron chi connectivity index (χ4n) is 2.33. The van der Waals surface area contributed by atoms with Crippen molar-refractivity contribution in [2.75, 3.05) is 5.73 Å². The monoisotopic (exact) mass is 286 g/mol. The number of rotatable bonds is 4. The number of anilines is 1. The molecule has 0 saturated heterocycles. The predicted octanol–water partition coefficient (Wildman–Crippen LogP) is 2.36. The SMILES string of the molecule is Cc1cc(C(=O)N(Cc2cccc(N)c2)C(C)C)n(C)n1. The Hall–Kier alpha value is -2.30. The largest absolute Gasteiger partial charge is 0.399 e. The molecule has 0 bridgehead atoms. The van der Waals surface area contributed by atoms with Gasteiger partial charge in [0.2, 0.25) is 0 Å². The van der Waals surface area contributed by atoms with Crippen LogP contribution < -0.4 is 5.73 Å². The van der Waals surface area contributed by atoms with Gasteiger partial charge in [-0.05, 0) is 44.5 Å². The van der Waals surface area contributed by atoms with Crippen molar-refractivity contribution in [1.29, 1.82) is 0 Å². The number of carbonyl (C=O) groups is 1. The number of carbonyl (C=O) groups excluding carboxylic acids is 1. The molecule has 0 spiro atoms. The number of nitrogens with zero attached hydrogens (tertiary/aromatic N) is 3. The van der Waals surface area contributed by atoms with Gasteiger partial charge >= 0.3 is 0 Å². The Bertz CT molecular complexity index is 645. The molecule has 0 aliphatic carbocycles. The smallest absolute Gasteiger partial charge is 0.272 e. The highest BCUT2D eigenvalue weighted by molar-refractivity contribution is 5.92. The molecule has 0 fully saturated rings. The van der Waals surface area contributed by atoms with E-state index in [1.165, 1.54) is 0 Å². The van der Waals surface area contributed by atoms with E-state index in [2.05, 4.69) is 5.10 Å². The second-order valence-electron chi connectivity index (χ2n) is 5.57. The average molecular weight is 286 g/mol. The van der Waals surface area contributed by atoms with Crippen molar-refractivity contribution in [2.45, 2.75) is 33.4 Å². The lowest BCUT2D eigenvalue weighted by Crippen LogP contribution is -2.37. The number of benzene rings is 1. The summed E-state index contributed by atoms with van der Waals surface area (Å²) in [6.07, 6.45) is 0. The standard InChI is InChI=1S/C16H22N4O/c1-11(2)20(10-13-6-5-7-14(17)9-13)16(21)15-8-12(3)18-19(15)4/h5-9,11H,10,17H2,1-4H3. The highest BCUT2D eigenvalue weighted by Crippen LogP contribution is 2.15. The molecule has 2 N–H and O–H groups in total. The molecule has 21 heavy (non-hydrogen) atoms. The van der Waals surface area contributed by atoms with Crippen LogP contribution in [0.1, 0.15) is 35.6 Å². The molecule has 2 rings (SSSR count). The maximum absolute atomic E-state index is 12.7. The molecule has 2 aromatic rings. The van der Waals surface area contributed by atoms with E-state index in [0.29, 0.717) is 17.9 Å². The van der Waals surface area contributed by atoms with Crippen LogP contribution in [0.2, 0.25) is 0 Å². The van der Waals surface area contributed by atoms with Gasteiger partial charge in [-0.2, -0.15) is 5.10 Å². The van der Waals surface area contributed by atoms with E-state index in [1.54, 1.807) is 11.7 Å². The summed E-state index contributed by atoms with van der Waals surface area (Å²) in [7, 11) is 1.79. The van der Waals surface area contributed by atoms with Crippen LogP contribution in [0.4, 0.5) is 5.69 Å². The fraction of sp³-hybridized carbons (Fsp3) is 0.375. The van der Waals surface area contributed by atoms with Crippen molar-refractivity contribution in [3.63, 3.8) is 0 Å². The normalized spacial score (nSPS) is 10.9. The van der Waals surface area contributed by atoms with E-state index in [4.69, 9.17) is 5.73 Å². The van der Waals surface area contributed by atoms with E-state index in [0.717, 1.165) is 11.3 Å². The predicted molar refractivity (Wildman–Crippen MR) is 83.8 cm³/mol. The van der Waals surface area contributed by atoms with Gasteiger partial charge in [0.25, 0.3) is 5.91 Å². The number of amides is 1. The fourth-order valence-corrected chi connectivity index (χ4v) is 2.33. The molecule has 5 heteroatoms. The summed E-state index contributed by atoms with van der Waals surface area (Å²) in [5, 5.41) is 4.24. The van der Waals surface area contributed by atoms with Crippen molar-refractivity contribution < 1.29 is 4.79 Å². The minimum absolute atomic E-state index is 0.0180. The first-order valence-corrected chi connectivity index (χ1v) is 7.04. The Morgan fingerprint density at radius 3 is 2.62 bits per heavy atom. The summed E-state index contributed by atoms with van der Waals surface area (Å²) < 4.78 is 1.63. The van der Waals surface area contributed by atoms with E-state index in [1.807, 2.05) is 56.0 Å². The molecule has 0 aliphatic heterocycles. The van der Waals surface area contributed by atoms with Gasteiger partial charge in [-0.25, -0.2) is 0 Å². The highest BCUT2D eigenvalue weighted by atomic mass is 16.2. The zero-order valence-corrected chi connectivity index (χ0v) is 13.0. The lowest BCUT2D eigenvalue weighted by atomic mass is 10.1. The second-order valence-corrected chi connectivity index (χ2v) is 5.57. The Balaban J connectivity index is 2.27. The molecule has 0 unspecified atom stereocenters. The van der Waals surface area contributed by atoms with Gasteiger partial charge in [-0.3, -0.25) is 9.48 Å². The van der Waals surface area contributed by atoms with Gasteiger partial charge in [0.15, 0.2) is 0 Å². The molecular weight excluding hydrogens is 264 g/mol. The zero-order valence-electron chi connectivity index (χ0n) is 13.0. The Morgan fingerprint density at radius 2 is 2.10 bits per heavy atom. The van der Waals surface area contributed by atoms with Crippen LogP contribution in [-0.4, -0.2) is 26.6 Å². The Morgan fingerprint density at radius 1 is 1.38 bits per heavy atom. The van der Waals surface area contributed by atoms with Crippen LogP contribution in [0.5, 0.6) is 0 Å². The van der Waals surface area contributed by atoms with Gasteiger partial charge in [0.1, 0.15) is 5.69 Å². The maximum Gasteiger partial charge on any atom is 0.272 e. The highest BCUT2D eigenvalue weighted by Gasteiger charge is 2.22. The van der Waals surface area contributed by atoms with Crippen LogP contribution in [0.15, 0.2) is 30.3 Å². The number of nitrogen functional groups attached to an aromatic ring is 1. The number of hydrogen-bond donors (Lipinski definition) is 1. The van der Waals surface area contributed by atoms with Crippen molar-refractivity contribution in [3.8, 4) is 0 Å². The Labute approximate surface area is 125 Å². The van der Waals surface area contributed by atoms with Gasteiger partial charge in [0.05, 0.1) is 5.69 Å². The first-order chi connectivity index (χ1) is 9.88. The third kappa shape index (κ3) is 3.42. The molecule has 1 heterocycles. The average Bonchev–Trinajstić information content (AvgIpc) is 2.74. The third-order valence-corrected chi connectivity index (χ3v) is 3.41. The van der Waals surface area contributed by atoms with E-state index >= 15 is 0 Å². The van der Waals surface area contributed by atoms with Crippen LogP contribution in [-0.2, 0) is 13.6 Å². The molecule has 0 atom stereocenters. The molecule has 1 amide bonds. The van der Waals surface area contributed by atoms with E-state index < -0.39 is 0 Å². The van der Waals surface area contributed by atoms with Crippen molar-refractivity contribution in [3.05, 3.63) is 47.3 Å². The first kappa shape index (κ1) is 15.1. The lowest BCUT2D eigenvalue weighted by molar-refractivity contribution is 0.0679. The van der Waals surface area contributed by atoms with Crippen molar-refractivity contribution in [2.24, 2.45) is 7.05 Å². The van der Waals surface area contributed by atoms with Gasteiger partial charge in [-0.15, -0.1) is 0 Å². The van der Waals surface area contributed by atoms with Gasteiger partial charge in [0, 0.05) is 25.3 Å². The number of nitrogens with two attached hydrogens (primary N) is 1. The molecular formula is C16H22N4O. The number of aryl methyl sites for hydroxylation is 2. The molecule has 1 aromatic heterocycles. The van der Waals surface area contributed by atoms with Crippen molar-refractivity contribution in [1.82, 2.24) is 14.7 Å². The van der Waals surface area contributed by atoms with Crippen molar-refractivity contribution >= 4 is 11.6 Å². The minimum Gasteiger partial charge on any atom is -0.399 e. The van der Waals surface area contributed by atoms with Crippen LogP contribution >= 0.6 is 0 Å². The van der Waals surface area contributed by atoms with Gasteiger partial charge < -0.3 is 10.6 Å². The van der Waals surface area contributed by atoms with Crippen LogP contribution in [0, 0.1) is 6.92 Å². The van der Waals surface area contributed by atoms with Crippen LogP contribution in [0.25, 0.3) is 0 Å². The summed E-state index contributed by atoms with van der Waals surface area (Å²) in [6, 6.07) is 9.54. The topological polar surface area (TPSA) is 64.2 Å². The first-order valence-electron chi connectivity index (χ1n) is 7.04. The lowest BCUT2D eigenvalue weighted by Gasteiger charge is -2.27. The summed E-state index contributed by atoms with van der Waals surface area (Å²) in [5.41, 5.74) is 8.98. The van der Waals surface area contributed by atoms with E-state index in [9.17, 15) is 4.79 Å². The third-order valence-electron chi connectivity index (χ3n) is 3.41. The molecule has 1 aromatic carbocycles. The molecule has 0 saturated carbocycles. The number of aromatic nitrogens is 2. The number of hydrogen-bond acceptors (Lipinski definition) is 3. The minimum atomic E-state index is -0.0180. The van der Waals surface area contributed by atoms with Gasteiger partial charge in [-0.1, -0.05) is 12.1 Å². The molecule has 0 aliphatic rings. The van der Waals surface area contributed by atoms with E-state index in [-0.39, 0.29) is 11.9 Å². The summed E-state index contributed by atoms with van der Waals surface area (Å²) >= 11 is 0. The summed E-state index contributed by atoms with van der Waals surface area (Å²) in [6.45, 7) is 6.43. The maximum atomic E-state index is 12.7. The van der Waals surface area contributed by atoms with Crippen LogP contribution in [0.3, 0.4) is 0 Å². The molecule has 112 valence electrons. The quantitative estimate of drug-likeness (QED) is 0.878. The summed E-state index contributed by atoms with van der Waals surface area (Å²) in [4.78, 5) is 14.6. The molecule has 5 nitrogen and oxygen atoms in total. The zero-order chi connectivity index (χ0) is 15.6. The molecule has 0 radical (unpaired) electrons. The second kappa shape index (κ2) is 5.99. The summed E-state index contributed by atoms with van der Waals surface area (Å²) in [5.74, 6) is -0.0180. The Kier molecular flexibility index (Phi) is 4.31.